The minimum absolute atomic E-state index is 0.223. The van der Waals surface area contributed by atoms with E-state index in [2.05, 4.69) is 29.3 Å². The predicted molar refractivity (Wildman–Crippen MR) is 130 cm³/mol. The molecule has 0 fully saturated rings. The maximum absolute atomic E-state index is 10.5. The summed E-state index contributed by atoms with van der Waals surface area (Å²) in [6, 6.07) is 14.2. The lowest BCUT2D eigenvalue weighted by atomic mass is 10.0. The normalized spacial score (nSPS) is 11.2. The second kappa shape index (κ2) is 15.2. The SMILES string of the molecule is CCCCCCCCc1ccc(N=Nc2ccc(OCCCCCC(=O)O)c(C)c2)cc1. The van der Waals surface area contributed by atoms with Crippen LogP contribution in [-0.2, 0) is 11.2 Å². The van der Waals surface area contributed by atoms with Crippen LogP contribution in [0.3, 0.4) is 0 Å². The molecule has 0 saturated carbocycles. The smallest absolute Gasteiger partial charge is 0.303 e. The number of carbonyl (C=O) groups is 1. The van der Waals surface area contributed by atoms with E-state index < -0.39 is 5.97 Å². The first kappa shape index (κ1) is 25.6. The molecule has 0 unspecified atom stereocenters. The van der Waals surface area contributed by atoms with Gasteiger partial charge in [0.15, 0.2) is 0 Å². The first-order chi connectivity index (χ1) is 15.6. The highest BCUT2D eigenvalue weighted by Crippen LogP contribution is 2.26. The van der Waals surface area contributed by atoms with Gasteiger partial charge in [0, 0.05) is 6.42 Å². The highest BCUT2D eigenvalue weighted by Gasteiger charge is 2.02. The maximum Gasteiger partial charge on any atom is 0.303 e. The molecule has 0 saturated heterocycles. The van der Waals surface area contributed by atoms with Crippen molar-refractivity contribution in [2.45, 2.75) is 84.5 Å². The Kier molecular flexibility index (Phi) is 12.1. The van der Waals surface area contributed by atoms with Crippen molar-refractivity contribution in [3.8, 4) is 5.75 Å². The number of hydrogen-bond acceptors (Lipinski definition) is 4. The summed E-state index contributed by atoms with van der Waals surface area (Å²) in [5.41, 5.74) is 4.03. The molecule has 2 aromatic rings. The zero-order valence-corrected chi connectivity index (χ0v) is 19.7. The minimum atomic E-state index is -0.740. The summed E-state index contributed by atoms with van der Waals surface area (Å²) in [7, 11) is 0. The topological polar surface area (TPSA) is 71.2 Å². The Morgan fingerprint density at radius 2 is 1.50 bits per heavy atom. The molecule has 0 radical (unpaired) electrons. The van der Waals surface area contributed by atoms with Gasteiger partial charge in [-0.1, -0.05) is 51.2 Å². The fourth-order valence-electron chi connectivity index (χ4n) is 3.55. The van der Waals surface area contributed by atoms with Crippen LogP contribution in [0.2, 0.25) is 0 Å². The van der Waals surface area contributed by atoms with Gasteiger partial charge in [0.25, 0.3) is 0 Å². The van der Waals surface area contributed by atoms with E-state index in [1.807, 2.05) is 37.3 Å². The zero-order valence-electron chi connectivity index (χ0n) is 19.7. The molecule has 0 amide bonds. The molecule has 0 atom stereocenters. The Balaban J connectivity index is 1.74. The minimum Gasteiger partial charge on any atom is -0.493 e. The summed E-state index contributed by atoms with van der Waals surface area (Å²) in [5, 5.41) is 17.4. The number of ether oxygens (including phenoxy) is 1. The van der Waals surface area contributed by atoms with Crippen molar-refractivity contribution in [2.24, 2.45) is 10.2 Å². The summed E-state index contributed by atoms with van der Waals surface area (Å²) in [6.07, 6.45) is 11.7. The number of azo groups is 1. The van der Waals surface area contributed by atoms with Crippen molar-refractivity contribution in [1.82, 2.24) is 0 Å². The average Bonchev–Trinajstić information content (AvgIpc) is 2.78. The molecule has 0 aliphatic carbocycles. The first-order valence-corrected chi connectivity index (χ1v) is 12.0. The van der Waals surface area contributed by atoms with E-state index in [0.29, 0.717) is 13.0 Å². The van der Waals surface area contributed by atoms with Gasteiger partial charge in [-0.2, -0.15) is 10.2 Å². The molecule has 5 heteroatoms. The van der Waals surface area contributed by atoms with Gasteiger partial charge in [-0.05, 0) is 80.5 Å². The molecule has 2 aromatic carbocycles. The number of benzene rings is 2. The van der Waals surface area contributed by atoms with Crippen molar-refractivity contribution in [2.75, 3.05) is 6.61 Å². The van der Waals surface area contributed by atoms with Gasteiger partial charge in [0.1, 0.15) is 5.75 Å². The summed E-state index contributed by atoms with van der Waals surface area (Å²) >= 11 is 0. The third-order valence-electron chi connectivity index (χ3n) is 5.49. The van der Waals surface area contributed by atoms with Crippen LogP contribution in [0.5, 0.6) is 5.75 Å². The number of unbranched alkanes of at least 4 members (excludes halogenated alkanes) is 7. The monoisotopic (exact) mass is 438 g/mol. The summed E-state index contributed by atoms with van der Waals surface area (Å²) in [5.74, 6) is 0.0943. The van der Waals surface area contributed by atoms with Crippen LogP contribution in [0.1, 0.15) is 82.3 Å². The third-order valence-corrected chi connectivity index (χ3v) is 5.49. The third kappa shape index (κ3) is 10.6. The van der Waals surface area contributed by atoms with E-state index in [0.717, 1.165) is 42.0 Å². The second-order valence-electron chi connectivity index (χ2n) is 8.39. The molecular weight excluding hydrogens is 400 g/mol. The number of carboxylic acids is 1. The van der Waals surface area contributed by atoms with Gasteiger partial charge in [-0.3, -0.25) is 4.79 Å². The van der Waals surface area contributed by atoms with Crippen molar-refractivity contribution < 1.29 is 14.6 Å². The Morgan fingerprint density at radius 1 is 0.844 bits per heavy atom. The standard InChI is InChI=1S/C27H38N2O3/c1-3-4-5-6-7-9-12-23-14-16-24(17-15-23)28-29-25-18-19-26(22(2)21-25)32-20-11-8-10-13-27(30)31/h14-19,21H,3-13,20H2,1-2H3,(H,30,31). The van der Waals surface area contributed by atoms with Gasteiger partial charge in [0.05, 0.1) is 18.0 Å². The van der Waals surface area contributed by atoms with Gasteiger partial charge in [0.2, 0.25) is 0 Å². The highest BCUT2D eigenvalue weighted by molar-refractivity contribution is 5.66. The molecule has 174 valence electrons. The molecule has 32 heavy (non-hydrogen) atoms. The largest absolute Gasteiger partial charge is 0.493 e. The molecule has 0 aliphatic heterocycles. The van der Waals surface area contributed by atoms with E-state index in [1.165, 1.54) is 44.1 Å². The number of carboxylic acid groups (broad SMARTS) is 1. The average molecular weight is 439 g/mol. The Morgan fingerprint density at radius 3 is 2.22 bits per heavy atom. The van der Waals surface area contributed by atoms with Crippen LogP contribution in [0.25, 0.3) is 0 Å². The first-order valence-electron chi connectivity index (χ1n) is 12.0. The quantitative estimate of drug-likeness (QED) is 0.211. The number of aliphatic carboxylic acids is 1. The highest BCUT2D eigenvalue weighted by atomic mass is 16.5. The van der Waals surface area contributed by atoms with Gasteiger partial charge >= 0.3 is 5.97 Å². The zero-order chi connectivity index (χ0) is 23.0. The predicted octanol–water partition coefficient (Wildman–Crippen LogP) is 8.34. The van der Waals surface area contributed by atoms with Crippen LogP contribution in [-0.4, -0.2) is 17.7 Å². The van der Waals surface area contributed by atoms with Gasteiger partial charge in [-0.15, -0.1) is 0 Å². The van der Waals surface area contributed by atoms with Gasteiger partial charge < -0.3 is 9.84 Å². The number of aryl methyl sites for hydroxylation is 2. The summed E-state index contributed by atoms with van der Waals surface area (Å²) in [6.45, 7) is 4.84. The lowest BCUT2D eigenvalue weighted by Crippen LogP contribution is -2.00. The molecule has 0 spiro atoms. The van der Waals surface area contributed by atoms with Crippen molar-refractivity contribution in [3.05, 3.63) is 53.6 Å². The summed E-state index contributed by atoms with van der Waals surface area (Å²) in [4.78, 5) is 10.5. The molecule has 0 aliphatic rings. The molecule has 0 heterocycles. The van der Waals surface area contributed by atoms with E-state index in [4.69, 9.17) is 9.84 Å². The number of nitrogens with zero attached hydrogens (tertiary/aromatic N) is 2. The Hall–Kier alpha value is -2.69. The molecular formula is C27H38N2O3. The van der Waals surface area contributed by atoms with Crippen molar-refractivity contribution >= 4 is 17.3 Å². The van der Waals surface area contributed by atoms with Crippen LogP contribution in [0, 0.1) is 6.92 Å². The summed E-state index contributed by atoms with van der Waals surface area (Å²) < 4.78 is 5.81. The van der Waals surface area contributed by atoms with E-state index in [-0.39, 0.29) is 6.42 Å². The number of rotatable bonds is 16. The van der Waals surface area contributed by atoms with E-state index in [1.54, 1.807) is 0 Å². The van der Waals surface area contributed by atoms with E-state index >= 15 is 0 Å². The van der Waals surface area contributed by atoms with Crippen LogP contribution < -0.4 is 4.74 Å². The van der Waals surface area contributed by atoms with Crippen molar-refractivity contribution in [3.63, 3.8) is 0 Å². The Bertz CT molecular complexity index is 831. The molecule has 5 nitrogen and oxygen atoms in total. The Labute approximate surface area is 192 Å². The maximum atomic E-state index is 10.5. The molecule has 2 rings (SSSR count). The second-order valence-corrected chi connectivity index (χ2v) is 8.39. The van der Waals surface area contributed by atoms with Crippen LogP contribution >= 0.6 is 0 Å². The molecule has 1 N–H and O–H groups in total. The lowest BCUT2D eigenvalue weighted by Gasteiger charge is -2.09. The van der Waals surface area contributed by atoms with Gasteiger partial charge in [-0.25, -0.2) is 0 Å². The lowest BCUT2D eigenvalue weighted by molar-refractivity contribution is -0.137. The fraction of sp³-hybridized carbons (Fsp3) is 0.519. The van der Waals surface area contributed by atoms with E-state index in [9.17, 15) is 4.79 Å². The molecule has 0 aromatic heterocycles. The fourth-order valence-corrected chi connectivity index (χ4v) is 3.55. The van der Waals surface area contributed by atoms with Crippen LogP contribution in [0.15, 0.2) is 52.7 Å². The van der Waals surface area contributed by atoms with Crippen LogP contribution in [0.4, 0.5) is 11.4 Å². The molecule has 0 bridgehead atoms. The number of hydrogen-bond donors (Lipinski definition) is 1. The van der Waals surface area contributed by atoms with Crippen molar-refractivity contribution in [1.29, 1.82) is 0 Å².